The third-order valence-electron chi connectivity index (χ3n) is 3.54. The second-order valence-corrected chi connectivity index (χ2v) is 5.38. The van der Waals surface area contributed by atoms with Gasteiger partial charge in [-0.15, -0.1) is 0 Å². The maximum atomic E-state index is 9.12. The second-order valence-electron chi connectivity index (χ2n) is 5.38. The third kappa shape index (κ3) is 2.83. The highest BCUT2D eigenvalue weighted by atomic mass is 16.5. The minimum Gasteiger partial charge on any atom is -0.496 e. The van der Waals surface area contributed by atoms with E-state index in [4.69, 9.17) is 10.00 Å². The molecule has 0 atom stereocenters. The molecule has 1 aliphatic rings. The first kappa shape index (κ1) is 12.9. The highest BCUT2D eigenvalue weighted by molar-refractivity contribution is 5.36. The van der Waals surface area contributed by atoms with E-state index in [2.05, 4.69) is 37.1 Å². The summed E-state index contributed by atoms with van der Waals surface area (Å²) in [5.74, 6) is 0.925. The number of ether oxygens (including phenoxy) is 1. The van der Waals surface area contributed by atoms with Gasteiger partial charge in [0.25, 0.3) is 0 Å². The molecule has 0 spiro atoms. The van der Waals surface area contributed by atoms with Gasteiger partial charge in [0.05, 0.1) is 18.6 Å². The molecule has 0 saturated heterocycles. The summed E-state index contributed by atoms with van der Waals surface area (Å²) in [5.41, 5.74) is 2.35. The summed E-state index contributed by atoms with van der Waals surface area (Å²) in [6, 6.07) is 8.66. The third-order valence-corrected chi connectivity index (χ3v) is 3.54. The Morgan fingerprint density at radius 2 is 2.17 bits per heavy atom. The van der Waals surface area contributed by atoms with Crippen molar-refractivity contribution in [3.8, 4) is 11.8 Å². The Morgan fingerprint density at radius 1 is 1.44 bits per heavy atom. The van der Waals surface area contributed by atoms with Gasteiger partial charge >= 0.3 is 0 Å². The standard InChI is InChI=1S/C15H20N2O/c1-12-4-5-14(18-3)13(8-12)9-17(2)11-15(10-16)6-7-15/h4-5,8H,6-7,9,11H2,1-3H3. The van der Waals surface area contributed by atoms with E-state index in [0.717, 1.165) is 31.7 Å². The van der Waals surface area contributed by atoms with E-state index in [1.807, 2.05) is 6.07 Å². The number of aryl methyl sites for hydroxylation is 1. The van der Waals surface area contributed by atoms with Crippen molar-refractivity contribution < 1.29 is 4.74 Å². The Hall–Kier alpha value is -1.53. The molecule has 1 aromatic carbocycles. The van der Waals surface area contributed by atoms with E-state index < -0.39 is 0 Å². The van der Waals surface area contributed by atoms with Crippen LogP contribution in [0.25, 0.3) is 0 Å². The van der Waals surface area contributed by atoms with Gasteiger partial charge in [-0.25, -0.2) is 0 Å². The largest absolute Gasteiger partial charge is 0.496 e. The van der Waals surface area contributed by atoms with E-state index >= 15 is 0 Å². The van der Waals surface area contributed by atoms with Crippen LogP contribution in [0.5, 0.6) is 5.75 Å². The van der Waals surface area contributed by atoms with Gasteiger partial charge in [0.15, 0.2) is 0 Å². The molecule has 18 heavy (non-hydrogen) atoms. The van der Waals surface area contributed by atoms with Crippen LogP contribution in [0, 0.1) is 23.7 Å². The maximum absolute atomic E-state index is 9.12. The lowest BCUT2D eigenvalue weighted by Crippen LogP contribution is -2.25. The molecule has 1 saturated carbocycles. The van der Waals surface area contributed by atoms with Crippen LogP contribution in [0.4, 0.5) is 0 Å². The van der Waals surface area contributed by atoms with Gasteiger partial charge in [-0.05, 0) is 32.9 Å². The molecular formula is C15H20N2O. The van der Waals surface area contributed by atoms with Crippen molar-refractivity contribution >= 4 is 0 Å². The molecule has 0 heterocycles. The summed E-state index contributed by atoms with van der Waals surface area (Å²) in [7, 11) is 3.77. The quantitative estimate of drug-likeness (QED) is 0.799. The van der Waals surface area contributed by atoms with Crippen LogP contribution in [-0.4, -0.2) is 25.6 Å². The molecule has 0 aromatic heterocycles. The molecule has 1 aliphatic carbocycles. The van der Waals surface area contributed by atoms with Crippen molar-refractivity contribution in [1.29, 1.82) is 5.26 Å². The average Bonchev–Trinajstić information content (AvgIpc) is 3.09. The summed E-state index contributed by atoms with van der Waals surface area (Å²) in [6.45, 7) is 3.76. The van der Waals surface area contributed by atoms with E-state index in [-0.39, 0.29) is 5.41 Å². The molecular weight excluding hydrogens is 224 g/mol. The lowest BCUT2D eigenvalue weighted by molar-refractivity contribution is 0.281. The first-order valence-corrected chi connectivity index (χ1v) is 6.32. The fourth-order valence-corrected chi connectivity index (χ4v) is 2.35. The van der Waals surface area contributed by atoms with Gasteiger partial charge in [0.2, 0.25) is 0 Å². The molecule has 0 unspecified atom stereocenters. The number of hydrogen-bond donors (Lipinski definition) is 0. The molecule has 3 heteroatoms. The van der Waals surface area contributed by atoms with Crippen LogP contribution in [0.3, 0.4) is 0 Å². The van der Waals surface area contributed by atoms with Crippen molar-refractivity contribution in [2.75, 3.05) is 20.7 Å². The summed E-state index contributed by atoms with van der Waals surface area (Å²) >= 11 is 0. The second kappa shape index (κ2) is 4.99. The van der Waals surface area contributed by atoms with Crippen LogP contribution in [0.15, 0.2) is 18.2 Å². The summed E-state index contributed by atoms with van der Waals surface area (Å²) in [4.78, 5) is 2.22. The Balaban J connectivity index is 2.04. The molecule has 96 valence electrons. The summed E-state index contributed by atoms with van der Waals surface area (Å²) < 4.78 is 5.38. The number of nitrogens with zero attached hydrogens (tertiary/aromatic N) is 2. The van der Waals surface area contributed by atoms with Crippen LogP contribution in [0.2, 0.25) is 0 Å². The molecule has 3 nitrogen and oxygen atoms in total. The number of benzene rings is 1. The normalized spacial score (nSPS) is 16.4. The Kier molecular flexibility index (Phi) is 3.58. The average molecular weight is 244 g/mol. The SMILES string of the molecule is COc1ccc(C)cc1CN(C)CC1(C#N)CC1. The van der Waals surface area contributed by atoms with Crippen molar-refractivity contribution in [3.05, 3.63) is 29.3 Å². The first-order chi connectivity index (χ1) is 8.58. The van der Waals surface area contributed by atoms with Crippen LogP contribution < -0.4 is 4.74 Å². The van der Waals surface area contributed by atoms with Gasteiger partial charge in [-0.2, -0.15) is 5.26 Å². The minimum absolute atomic E-state index is 0.0776. The topological polar surface area (TPSA) is 36.3 Å². The number of nitriles is 1. The van der Waals surface area contributed by atoms with Crippen molar-refractivity contribution in [2.45, 2.75) is 26.3 Å². The maximum Gasteiger partial charge on any atom is 0.123 e. The Morgan fingerprint density at radius 3 is 2.72 bits per heavy atom. The molecule has 0 radical (unpaired) electrons. The van der Waals surface area contributed by atoms with E-state index in [1.54, 1.807) is 7.11 Å². The van der Waals surface area contributed by atoms with E-state index in [1.165, 1.54) is 11.1 Å². The molecule has 1 fully saturated rings. The Bertz CT molecular complexity index is 472. The Labute approximate surface area is 109 Å². The number of rotatable bonds is 5. The van der Waals surface area contributed by atoms with E-state index in [9.17, 15) is 0 Å². The number of hydrogen-bond acceptors (Lipinski definition) is 3. The predicted molar refractivity (Wildman–Crippen MR) is 71.3 cm³/mol. The molecule has 0 aliphatic heterocycles. The zero-order chi connectivity index (χ0) is 13.2. The highest BCUT2D eigenvalue weighted by Crippen LogP contribution is 2.45. The van der Waals surface area contributed by atoms with Gasteiger partial charge in [0.1, 0.15) is 5.75 Å². The monoisotopic (exact) mass is 244 g/mol. The molecule has 1 aromatic rings. The zero-order valence-electron chi connectivity index (χ0n) is 11.4. The van der Waals surface area contributed by atoms with Gasteiger partial charge in [-0.1, -0.05) is 17.7 Å². The van der Waals surface area contributed by atoms with Crippen LogP contribution in [-0.2, 0) is 6.54 Å². The molecule has 0 bridgehead atoms. The van der Waals surface area contributed by atoms with Crippen LogP contribution in [0.1, 0.15) is 24.0 Å². The lowest BCUT2D eigenvalue weighted by Gasteiger charge is -2.20. The smallest absolute Gasteiger partial charge is 0.123 e. The van der Waals surface area contributed by atoms with E-state index in [0.29, 0.717) is 0 Å². The highest BCUT2D eigenvalue weighted by Gasteiger charge is 2.43. The first-order valence-electron chi connectivity index (χ1n) is 6.32. The summed E-state index contributed by atoms with van der Waals surface area (Å²) in [5, 5.41) is 9.12. The van der Waals surface area contributed by atoms with Crippen molar-refractivity contribution in [2.24, 2.45) is 5.41 Å². The fourth-order valence-electron chi connectivity index (χ4n) is 2.35. The van der Waals surface area contributed by atoms with Gasteiger partial charge in [-0.3, -0.25) is 0 Å². The summed E-state index contributed by atoms with van der Waals surface area (Å²) in [6.07, 6.45) is 2.08. The van der Waals surface area contributed by atoms with Gasteiger partial charge < -0.3 is 9.64 Å². The molecule has 0 amide bonds. The number of methoxy groups -OCH3 is 1. The lowest BCUT2D eigenvalue weighted by atomic mass is 10.1. The zero-order valence-corrected chi connectivity index (χ0v) is 11.4. The fraction of sp³-hybridized carbons (Fsp3) is 0.533. The van der Waals surface area contributed by atoms with Crippen molar-refractivity contribution in [1.82, 2.24) is 4.90 Å². The van der Waals surface area contributed by atoms with Gasteiger partial charge in [0, 0.05) is 18.7 Å². The predicted octanol–water partition coefficient (Wildman–Crippen LogP) is 2.74. The van der Waals surface area contributed by atoms with Crippen molar-refractivity contribution in [3.63, 3.8) is 0 Å². The molecule has 0 N–H and O–H groups in total. The minimum atomic E-state index is -0.0776. The van der Waals surface area contributed by atoms with Crippen LogP contribution >= 0.6 is 0 Å². The molecule has 2 rings (SSSR count).